The van der Waals surface area contributed by atoms with Crippen molar-refractivity contribution >= 4 is 21.6 Å². The Morgan fingerprint density at radius 2 is 2.00 bits per heavy atom. The van der Waals surface area contributed by atoms with E-state index in [-0.39, 0.29) is 0 Å². The van der Waals surface area contributed by atoms with Gasteiger partial charge in [-0.2, -0.15) is 0 Å². The van der Waals surface area contributed by atoms with Gasteiger partial charge in [0.1, 0.15) is 0 Å². The molecule has 0 aliphatic rings. The quantitative estimate of drug-likeness (QED) is 0.862. The van der Waals surface area contributed by atoms with Crippen LogP contribution in [0.4, 0.5) is 5.69 Å². The van der Waals surface area contributed by atoms with Crippen LogP contribution in [0.5, 0.6) is 0 Å². The average molecular weight is 271 g/mol. The van der Waals surface area contributed by atoms with E-state index in [0.29, 0.717) is 18.5 Å². The predicted molar refractivity (Wildman–Crippen MR) is 70.1 cm³/mol. The van der Waals surface area contributed by atoms with Gasteiger partial charge in [-0.25, -0.2) is 0 Å². The Labute approximate surface area is 100 Å². The van der Waals surface area contributed by atoms with Crippen LogP contribution >= 0.6 is 15.9 Å². The summed E-state index contributed by atoms with van der Waals surface area (Å²) in [6.07, 6.45) is 1.10. The van der Waals surface area contributed by atoms with E-state index in [1.54, 1.807) is 0 Å². The van der Waals surface area contributed by atoms with E-state index in [9.17, 15) is 0 Å². The zero-order valence-corrected chi connectivity index (χ0v) is 10.9. The first kappa shape index (κ1) is 12.5. The zero-order valence-electron chi connectivity index (χ0n) is 9.33. The fourth-order valence-electron chi connectivity index (χ4n) is 1.58. The fraction of sp³-hybridized carbons (Fsp3) is 0.500. The number of nitrogens with one attached hydrogen (secondary N) is 1. The van der Waals surface area contributed by atoms with Gasteiger partial charge in [-0.05, 0) is 40.4 Å². The van der Waals surface area contributed by atoms with Crippen LogP contribution < -0.4 is 11.1 Å². The van der Waals surface area contributed by atoms with Crippen LogP contribution in [0.1, 0.15) is 20.3 Å². The van der Waals surface area contributed by atoms with Crippen molar-refractivity contribution in [3.05, 3.63) is 28.7 Å². The number of nitrogens with two attached hydrogens (primary N) is 1. The summed E-state index contributed by atoms with van der Waals surface area (Å²) in [5, 5.41) is 3.46. The summed E-state index contributed by atoms with van der Waals surface area (Å²) < 4.78 is 1.09. The summed E-state index contributed by atoms with van der Waals surface area (Å²) in [5.41, 5.74) is 6.86. The number of benzene rings is 1. The number of hydrogen-bond acceptors (Lipinski definition) is 2. The van der Waals surface area contributed by atoms with Gasteiger partial charge in [-0.3, -0.25) is 0 Å². The van der Waals surface area contributed by atoms with E-state index in [2.05, 4.69) is 41.2 Å². The first-order chi connectivity index (χ1) is 7.13. The summed E-state index contributed by atoms with van der Waals surface area (Å²) in [7, 11) is 0. The van der Waals surface area contributed by atoms with E-state index < -0.39 is 0 Å². The lowest BCUT2D eigenvalue weighted by Gasteiger charge is -2.20. The molecule has 84 valence electrons. The number of rotatable bonds is 5. The van der Waals surface area contributed by atoms with Gasteiger partial charge in [0, 0.05) is 22.7 Å². The normalized spacial score (nSPS) is 12.9. The minimum absolute atomic E-state index is 0.351. The lowest BCUT2D eigenvalue weighted by molar-refractivity contribution is 0.522. The Morgan fingerprint density at radius 3 is 2.53 bits per heavy atom. The van der Waals surface area contributed by atoms with Crippen molar-refractivity contribution in [1.82, 2.24) is 0 Å². The molecule has 0 saturated heterocycles. The third-order valence-corrected chi connectivity index (χ3v) is 2.97. The molecule has 0 amide bonds. The summed E-state index contributed by atoms with van der Waals surface area (Å²) in [6, 6.07) is 8.48. The van der Waals surface area contributed by atoms with Gasteiger partial charge in [0.2, 0.25) is 0 Å². The molecule has 0 heterocycles. The predicted octanol–water partition coefficient (Wildman–Crippen LogP) is 3.23. The molecule has 0 radical (unpaired) electrons. The minimum atomic E-state index is 0.351. The van der Waals surface area contributed by atoms with E-state index >= 15 is 0 Å². The van der Waals surface area contributed by atoms with Crippen LogP contribution in [0, 0.1) is 5.92 Å². The van der Waals surface area contributed by atoms with Crippen molar-refractivity contribution in [2.75, 3.05) is 11.9 Å². The van der Waals surface area contributed by atoms with Gasteiger partial charge < -0.3 is 11.1 Å². The maximum Gasteiger partial charge on any atom is 0.0487 e. The molecular formula is C12H19BrN2. The van der Waals surface area contributed by atoms with Crippen molar-refractivity contribution in [3.8, 4) is 0 Å². The lowest BCUT2D eigenvalue weighted by Crippen LogP contribution is -2.30. The molecule has 0 bridgehead atoms. The molecule has 0 saturated carbocycles. The summed E-state index contributed by atoms with van der Waals surface area (Å²) in [4.78, 5) is 0. The SMILES string of the molecule is CC(C)CC(CN)Nc1ccccc1Br. The lowest BCUT2D eigenvalue weighted by atomic mass is 10.0. The number of para-hydroxylation sites is 1. The Balaban J connectivity index is 2.62. The minimum Gasteiger partial charge on any atom is -0.380 e. The molecule has 0 aliphatic heterocycles. The summed E-state index contributed by atoms with van der Waals surface area (Å²) in [5.74, 6) is 0.661. The van der Waals surface area contributed by atoms with E-state index in [1.807, 2.05) is 18.2 Å². The highest BCUT2D eigenvalue weighted by Gasteiger charge is 2.09. The molecule has 2 nitrogen and oxygen atoms in total. The first-order valence-electron chi connectivity index (χ1n) is 5.34. The smallest absolute Gasteiger partial charge is 0.0487 e. The molecule has 0 aliphatic carbocycles. The molecule has 1 rings (SSSR count). The second-order valence-corrected chi connectivity index (χ2v) is 5.04. The second kappa shape index (κ2) is 6.13. The molecule has 0 aromatic heterocycles. The maximum absolute atomic E-state index is 5.74. The van der Waals surface area contributed by atoms with Crippen LogP contribution in [0.25, 0.3) is 0 Å². The number of halogens is 1. The first-order valence-corrected chi connectivity index (χ1v) is 6.14. The summed E-state index contributed by atoms with van der Waals surface area (Å²) in [6.45, 7) is 5.09. The molecule has 1 aromatic carbocycles. The standard InChI is InChI=1S/C12H19BrN2/c1-9(2)7-10(8-14)15-12-6-4-3-5-11(12)13/h3-6,9-10,15H,7-8,14H2,1-2H3. The molecule has 1 aromatic rings. The molecule has 3 N–H and O–H groups in total. The highest BCUT2D eigenvalue weighted by Crippen LogP contribution is 2.22. The third kappa shape index (κ3) is 4.22. The Bertz CT molecular complexity index is 299. The van der Waals surface area contributed by atoms with Gasteiger partial charge >= 0.3 is 0 Å². The van der Waals surface area contributed by atoms with Gasteiger partial charge in [-0.1, -0.05) is 26.0 Å². The Kier molecular flexibility index (Phi) is 5.12. The van der Waals surface area contributed by atoms with Crippen molar-refractivity contribution in [1.29, 1.82) is 0 Å². The molecule has 15 heavy (non-hydrogen) atoms. The van der Waals surface area contributed by atoms with Crippen LogP contribution in [0.2, 0.25) is 0 Å². The highest BCUT2D eigenvalue weighted by atomic mass is 79.9. The van der Waals surface area contributed by atoms with Gasteiger partial charge in [0.05, 0.1) is 0 Å². The highest BCUT2D eigenvalue weighted by molar-refractivity contribution is 9.10. The fourth-order valence-corrected chi connectivity index (χ4v) is 1.98. The molecule has 1 atom stereocenters. The van der Waals surface area contributed by atoms with Gasteiger partial charge in [-0.15, -0.1) is 0 Å². The van der Waals surface area contributed by atoms with Crippen LogP contribution in [-0.2, 0) is 0 Å². The number of hydrogen-bond donors (Lipinski definition) is 2. The van der Waals surface area contributed by atoms with Gasteiger partial charge in [0.15, 0.2) is 0 Å². The third-order valence-electron chi connectivity index (χ3n) is 2.27. The second-order valence-electron chi connectivity index (χ2n) is 4.19. The van der Waals surface area contributed by atoms with Crippen LogP contribution in [0.3, 0.4) is 0 Å². The number of anilines is 1. The zero-order chi connectivity index (χ0) is 11.3. The molecule has 0 fully saturated rings. The maximum atomic E-state index is 5.74. The summed E-state index contributed by atoms with van der Waals surface area (Å²) >= 11 is 3.52. The van der Waals surface area contributed by atoms with Crippen molar-refractivity contribution in [2.24, 2.45) is 11.7 Å². The average Bonchev–Trinajstić information content (AvgIpc) is 2.19. The van der Waals surface area contributed by atoms with E-state index in [4.69, 9.17) is 5.73 Å². The van der Waals surface area contributed by atoms with Gasteiger partial charge in [0.25, 0.3) is 0 Å². The molecule has 1 unspecified atom stereocenters. The van der Waals surface area contributed by atoms with E-state index in [0.717, 1.165) is 16.6 Å². The molecule has 3 heteroatoms. The monoisotopic (exact) mass is 270 g/mol. The Morgan fingerprint density at radius 1 is 1.33 bits per heavy atom. The molecule has 0 spiro atoms. The molecular weight excluding hydrogens is 252 g/mol. The van der Waals surface area contributed by atoms with Crippen molar-refractivity contribution in [3.63, 3.8) is 0 Å². The van der Waals surface area contributed by atoms with Crippen molar-refractivity contribution < 1.29 is 0 Å². The van der Waals surface area contributed by atoms with Crippen molar-refractivity contribution in [2.45, 2.75) is 26.3 Å². The Hall–Kier alpha value is -0.540. The largest absolute Gasteiger partial charge is 0.380 e. The van der Waals surface area contributed by atoms with Crippen LogP contribution in [-0.4, -0.2) is 12.6 Å². The van der Waals surface area contributed by atoms with E-state index in [1.165, 1.54) is 0 Å². The van der Waals surface area contributed by atoms with Crippen LogP contribution in [0.15, 0.2) is 28.7 Å². The topological polar surface area (TPSA) is 38.0 Å².